The van der Waals surface area contributed by atoms with Gasteiger partial charge in [0, 0.05) is 0 Å². The largest absolute Gasteiger partial charge is 0.464 e. The van der Waals surface area contributed by atoms with Gasteiger partial charge < -0.3 is 9.47 Å². The monoisotopic (exact) mass is 280 g/mol. The molecule has 0 N–H and O–H groups in total. The molecule has 1 atom stereocenters. The molecule has 0 aromatic rings. The Morgan fingerprint density at radius 1 is 1.45 bits per heavy atom. The Morgan fingerprint density at radius 3 is 2.50 bits per heavy atom. The van der Waals surface area contributed by atoms with Crippen LogP contribution in [0.1, 0.15) is 27.2 Å². The van der Waals surface area contributed by atoms with Crippen molar-refractivity contribution < 1.29 is 23.9 Å². The number of ether oxygens (including phenoxy) is 2. The Bertz CT molecular complexity index is 510. The van der Waals surface area contributed by atoms with E-state index < -0.39 is 29.5 Å². The molecular formula is C13H16N2O5. The van der Waals surface area contributed by atoms with E-state index in [4.69, 9.17) is 10.00 Å². The number of hydrogen-bond donors (Lipinski definition) is 0. The van der Waals surface area contributed by atoms with Crippen LogP contribution in [0.5, 0.6) is 0 Å². The van der Waals surface area contributed by atoms with Crippen LogP contribution in [0.2, 0.25) is 0 Å². The van der Waals surface area contributed by atoms with Gasteiger partial charge in [-0.1, -0.05) is 0 Å². The van der Waals surface area contributed by atoms with E-state index in [-0.39, 0.29) is 12.1 Å². The molecule has 0 saturated heterocycles. The normalized spacial score (nSPS) is 18.4. The van der Waals surface area contributed by atoms with E-state index in [0.717, 1.165) is 7.11 Å². The lowest BCUT2D eigenvalue weighted by Crippen LogP contribution is -2.40. The van der Waals surface area contributed by atoms with E-state index in [9.17, 15) is 14.4 Å². The summed E-state index contributed by atoms with van der Waals surface area (Å²) < 4.78 is 9.61. The molecule has 7 heteroatoms. The van der Waals surface area contributed by atoms with Crippen molar-refractivity contribution in [2.45, 2.75) is 32.8 Å². The topological polar surface area (TPSA) is 96.7 Å². The molecule has 108 valence electrons. The maximum absolute atomic E-state index is 12.1. The minimum Gasteiger partial charge on any atom is -0.464 e. The van der Waals surface area contributed by atoms with E-state index in [1.165, 1.54) is 6.08 Å². The molecule has 1 aliphatic heterocycles. The predicted octanol–water partition coefficient (Wildman–Crippen LogP) is 1.35. The van der Waals surface area contributed by atoms with Gasteiger partial charge in [0.05, 0.1) is 25.5 Å². The van der Waals surface area contributed by atoms with Crippen LogP contribution in [0.4, 0.5) is 4.79 Å². The summed E-state index contributed by atoms with van der Waals surface area (Å²) in [5.74, 6) is -2.34. The second kappa shape index (κ2) is 5.74. The average molecular weight is 280 g/mol. The van der Waals surface area contributed by atoms with Crippen molar-refractivity contribution in [3.8, 4) is 6.07 Å². The third-order valence-electron chi connectivity index (χ3n) is 2.42. The van der Waals surface area contributed by atoms with E-state index in [0.29, 0.717) is 4.90 Å². The summed E-state index contributed by atoms with van der Waals surface area (Å²) in [5, 5.41) is 8.66. The smallest absolute Gasteiger partial charge is 0.422 e. The van der Waals surface area contributed by atoms with Crippen molar-refractivity contribution in [2.24, 2.45) is 5.92 Å². The van der Waals surface area contributed by atoms with Crippen LogP contribution >= 0.6 is 0 Å². The molecule has 1 aliphatic rings. The van der Waals surface area contributed by atoms with Crippen LogP contribution in [0.25, 0.3) is 0 Å². The van der Waals surface area contributed by atoms with E-state index in [1.807, 2.05) is 6.07 Å². The zero-order valence-electron chi connectivity index (χ0n) is 11.8. The fourth-order valence-electron chi connectivity index (χ4n) is 1.63. The number of carbonyl (C=O) groups is 3. The molecule has 0 aliphatic carbocycles. The third-order valence-corrected chi connectivity index (χ3v) is 2.42. The highest BCUT2D eigenvalue weighted by atomic mass is 16.6. The van der Waals surface area contributed by atoms with Crippen molar-refractivity contribution in [3.05, 3.63) is 11.8 Å². The molecule has 0 saturated carbocycles. The summed E-state index contributed by atoms with van der Waals surface area (Å²) in [7, 11) is 1.14. The van der Waals surface area contributed by atoms with Crippen molar-refractivity contribution in [1.29, 1.82) is 5.26 Å². The lowest BCUT2D eigenvalue weighted by Gasteiger charge is -2.24. The molecule has 0 bridgehead atoms. The molecule has 20 heavy (non-hydrogen) atoms. The van der Waals surface area contributed by atoms with Gasteiger partial charge in [0.25, 0.3) is 0 Å². The maximum Gasteiger partial charge on any atom is 0.422 e. The number of hydrogen-bond acceptors (Lipinski definition) is 6. The van der Waals surface area contributed by atoms with Gasteiger partial charge in [0.1, 0.15) is 11.3 Å². The third kappa shape index (κ3) is 3.35. The fourth-order valence-corrected chi connectivity index (χ4v) is 1.63. The Morgan fingerprint density at radius 2 is 2.05 bits per heavy atom. The number of rotatable bonds is 2. The number of amides is 2. The molecule has 0 radical (unpaired) electrons. The summed E-state index contributed by atoms with van der Waals surface area (Å²) in [5.41, 5.74) is -1.03. The first-order valence-corrected chi connectivity index (χ1v) is 5.95. The highest BCUT2D eigenvalue weighted by Crippen LogP contribution is 2.27. The number of nitriles is 1. The summed E-state index contributed by atoms with van der Waals surface area (Å²) in [6.45, 7) is 4.92. The number of carbonyl (C=O) groups excluding carboxylic acids is 3. The quantitative estimate of drug-likeness (QED) is 0.708. The average Bonchev–Trinajstić information content (AvgIpc) is 2.64. The SMILES string of the molecule is COC(=O)C1=CC(CC#N)C(=O)N1C(=O)OC(C)(C)C. The van der Waals surface area contributed by atoms with Gasteiger partial charge in [-0.05, 0) is 26.8 Å². The zero-order chi connectivity index (χ0) is 15.5. The molecule has 1 unspecified atom stereocenters. The minimum atomic E-state index is -0.959. The Balaban J connectivity index is 3.06. The Labute approximate surface area is 116 Å². The Kier molecular flexibility index (Phi) is 4.50. The highest BCUT2D eigenvalue weighted by molar-refractivity contribution is 6.07. The molecule has 0 aromatic carbocycles. The second-order valence-corrected chi connectivity index (χ2v) is 5.17. The lowest BCUT2D eigenvalue weighted by atomic mass is 10.1. The zero-order valence-corrected chi connectivity index (χ0v) is 11.8. The summed E-state index contributed by atoms with van der Waals surface area (Å²) in [6.07, 6.45) is 0.166. The first-order valence-electron chi connectivity index (χ1n) is 5.95. The van der Waals surface area contributed by atoms with Gasteiger partial charge in [-0.15, -0.1) is 0 Å². The molecule has 0 spiro atoms. The highest BCUT2D eigenvalue weighted by Gasteiger charge is 2.42. The van der Waals surface area contributed by atoms with Gasteiger partial charge >= 0.3 is 12.1 Å². The Hall–Kier alpha value is -2.36. The summed E-state index contributed by atoms with van der Waals surface area (Å²) in [4.78, 5) is 36.3. The number of nitrogens with zero attached hydrogens (tertiary/aromatic N) is 2. The van der Waals surface area contributed by atoms with Crippen LogP contribution in [0.15, 0.2) is 11.8 Å². The van der Waals surface area contributed by atoms with Crippen molar-refractivity contribution >= 4 is 18.0 Å². The molecule has 1 heterocycles. The van der Waals surface area contributed by atoms with Crippen LogP contribution in [-0.4, -0.2) is 35.6 Å². The van der Waals surface area contributed by atoms with E-state index in [2.05, 4.69) is 4.74 Å². The molecule has 0 aromatic heterocycles. The van der Waals surface area contributed by atoms with Gasteiger partial charge in [0.2, 0.25) is 5.91 Å². The van der Waals surface area contributed by atoms with Crippen molar-refractivity contribution in [2.75, 3.05) is 7.11 Å². The number of imide groups is 1. The van der Waals surface area contributed by atoms with Crippen molar-refractivity contribution in [3.63, 3.8) is 0 Å². The lowest BCUT2D eigenvalue weighted by molar-refractivity contribution is -0.141. The minimum absolute atomic E-state index is 0.126. The van der Waals surface area contributed by atoms with Crippen LogP contribution in [0, 0.1) is 17.2 Å². The molecule has 1 rings (SSSR count). The van der Waals surface area contributed by atoms with E-state index in [1.54, 1.807) is 20.8 Å². The summed E-state index contributed by atoms with van der Waals surface area (Å²) in [6, 6.07) is 1.83. The van der Waals surface area contributed by atoms with Crippen molar-refractivity contribution in [1.82, 2.24) is 4.90 Å². The first-order chi connectivity index (χ1) is 9.21. The fraction of sp³-hybridized carbons (Fsp3) is 0.538. The van der Waals surface area contributed by atoms with Gasteiger partial charge in [-0.25, -0.2) is 14.5 Å². The molecule has 7 nitrogen and oxygen atoms in total. The van der Waals surface area contributed by atoms with Gasteiger partial charge in [-0.3, -0.25) is 4.79 Å². The second-order valence-electron chi connectivity index (χ2n) is 5.17. The van der Waals surface area contributed by atoms with Gasteiger partial charge in [-0.2, -0.15) is 5.26 Å². The standard InChI is InChI=1S/C13H16N2O5/c1-13(2,3)20-12(18)15-9(11(17)19-4)7-8(5-6-14)10(15)16/h7-8H,5H2,1-4H3. The first kappa shape index (κ1) is 15.7. The van der Waals surface area contributed by atoms with Gasteiger partial charge in [0.15, 0.2) is 0 Å². The van der Waals surface area contributed by atoms with Crippen LogP contribution in [-0.2, 0) is 19.1 Å². The molecular weight excluding hydrogens is 264 g/mol. The molecule has 2 amide bonds. The van der Waals surface area contributed by atoms with E-state index >= 15 is 0 Å². The summed E-state index contributed by atoms with van der Waals surface area (Å²) >= 11 is 0. The van der Waals surface area contributed by atoms with Crippen LogP contribution < -0.4 is 0 Å². The number of esters is 1. The predicted molar refractivity (Wildman–Crippen MR) is 66.9 cm³/mol. The number of methoxy groups -OCH3 is 1. The maximum atomic E-state index is 12.1. The van der Waals surface area contributed by atoms with Crippen LogP contribution in [0.3, 0.4) is 0 Å². The molecule has 0 fully saturated rings.